The molecule has 0 radical (unpaired) electrons. The van der Waals surface area contributed by atoms with Crippen LogP contribution in [0.15, 0.2) is 16.6 Å². The number of hydrogen-bond acceptors (Lipinski definition) is 4. The highest BCUT2D eigenvalue weighted by Crippen LogP contribution is 2.41. The number of hydrogen-bond donors (Lipinski definition) is 2. The molecule has 1 fully saturated rings. The molecule has 2 aliphatic rings. The van der Waals surface area contributed by atoms with E-state index in [0.29, 0.717) is 30.4 Å². The lowest BCUT2D eigenvalue weighted by Gasteiger charge is -2.33. The Balaban J connectivity index is 1.96. The van der Waals surface area contributed by atoms with E-state index in [-0.39, 0.29) is 23.6 Å². The lowest BCUT2D eigenvalue weighted by Crippen LogP contribution is -2.49. The molecule has 2 heterocycles. The number of β-amino-alcohol motifs (C(OH)–C–C–N with tert-alkyl or cyclic N) is 1. The lowest BCUT2D eigenvalue weighted by molar-refractivity contribution is -0.131. The van der Waals surface area contributed by atoms with E-state index in [2.05, 4.69) is 20.8 Å². The van der Waals surface area contributed by atoms with Crippen LogP contribution in [0.3, 0.4) is 0 Å². The third-order valence-corrected chi connectivity index (χ3v) is 5.32. The van der Waals surface area contributed by atoms with Gasteiger partial charge in [-0.05, 0) is 53.9 Å². The van der Waals surface area contributed by atoms with Crippen molar-refractivity contribution in [1.82, 2.24) is 4.90 Å². The highest BCUT2D eigenvalue weighted by Gasteiger charge is 2.41. The third-order valence-electron chi connectivity index (χ3n) is 4.71. The van der Waals surface area contributed by atoms with Gasteiger partial charge in [-0.15, -0.1) is 0 Å². The quantitative estimate of drug-likeness (QED) is 0.814. The average Bonchev–Trinajstić information content (AvgIpc) is 3.10. The van der Waals surface area contributed by atoms with E-state index in [9.17, 15) is 19.8 Å². The summed E-state index contributed by atoms with van der Waals surface area (Å²) in [6.07, 6.45) is 0.647. The van der Waals surface area contributed by atoms with E-state index < -0.39 is 12.1 Å². The van der Waals surface area contributed by atoms with Gasteiger partial charge in [-0.1, -0.05) is 0 Å². The Hall–Kier alpha value is -1.60. The average molecular weight is 397 g/mol. The molecule has 7 heteroatoms. The van der Waals surface area contributed by atoms with E-state index in [0.717, 1.165) is 11.3 Å². The lowest BCUT2D eigenvalue weighted by atomic mass is 10.1. The van der Waals surface area contributed by atoms with E-state index >= 15 is 0 Å². The zero-order chi connectivity index (χ0) is 17.6. The van der Waals surface area contributed by atoms with Crippen LogP contribution in [0.5, 0.6) is 0 Å². The van der Waals surface area contributed by atoms with E-state index in [4.69, 9.17) is 0 Å². The molecule has 6 nitrogen and oxygen atoms in total. The second kappa shape index (κ2) is 6.37. The Morgan fingerprint density at radius 3 is 2.58 bits per heavy atom. The highest BCUT2D eigenvalue weighted by molar-refractivity contribution is 9.10. The number of aliphatic hydroxyl groups excluding tert-OH is 1. The van der Waals surface area contributed by atoms with Gasteiger partial charge in [-0.25, -0.2) is 4.79 Å². The second-order valence-electron chi connectivity index (χ2n) is 6.72. The third kappa shape index (κ3) is 2.91. The van der Waals surface area contributed by atoms with Gasteiger partial charge >= 0.3 is 5.97 Å². The topological polar surface area (TPSA) is 81.1 Å². The molecule has 3 rings (SSSR count). The van der Waals surface area contributed by atoms with Crippen LogP contribution in [-0.4, -0.2) is 58.3 Å². The van der Waals surface area contributed by atoms with Crippen molar-refractivity contribution < 1.29 is 19.8 Å². The number of fused-ring (bicyclic) bond motifs is 1. The fourth-order valence-corrected chi connectivity index (χ4v) is 4.37. The molecule has 2 atom stereocenters. The summed E-state index contributed by atoms with van der Waals surface area (Å²) < 4.78 is 0.697. The molecule has 130 valence electrons. The molecule has 1 aromatic carbocycles. The van der Waals surface area contributed by atoms with Crippen molar-refractivity contribution in [2.24, 2.45) is 0 Å². The number of rotatable bonds is 3. The van der Waals surface area contributed by atoms with Crippen LogP contribution < -0.4 is 4.90 Å². The summed E-state index contributed by atoms with van der Waals surface area (Å²) in [5.74, 6) is -0.979. The molecule has 1 saturated heterocycles. The molecule has 0 aliphatic carbocycles. The highest BCUT2D eigenvalue weighted by atomic mass is 79.9. The standard InChI is InChI=1S/C17H21BrN2O4/c1-9(2)20-14(16(22)19-4-3-12(21)8-19)7-10-5-11(17(23)24)6-13(18)15(10)20/h5-6,9,12,14,21H,3-4,7-8H2,1-2H3,(H,23,24)/t12-,14?/m1/s1. The monoisotopic (exact) mass is 396 g/mol. The summed E-state index contributed by atoms with van der Waals surface area (Å²) in [7, 11) is 0. The van der Waals surface area contributed by atoms with Crippen LogP contribution in [0.4, 0.5) is 5.69 Å². The Bertz CT molecular complexity index is 691. The minimum Gasteiger partial charge on any atom is -0.478 e. The number of halogens is 1. The van der Waals surface area contributed by atoms with Crippen LogP contribution in [0, 0.1) is 0 Å². The van der Waals surface area contributed by atoms with Gasteiger partial charge in [0.05, 0.1) is 17.4 Å². The molecule has 0 saturated carbocycles. The number of nitrogens with zero attached hydrogens (tertiary/aromatic N) is 2. The maximum Gasteiger partial charge on any atom is 0.335 e. The van der Waals surface area contributed by atoms with E-state index in [1.807, 2.05) is 13.8 Å². The number of amides is 1. The first kappa shape index (κ1) is 17.2. The van der Waals surface area contributed by atoms with Crippen molar-refractivity contribution in [1.29, 1.82) is 0 Å². The molecule has 0 spiro atoms. The molecular formula is C17H21BrN2O4. The van der Waals surface area contributed by atoms with Crippen LogP contribution in [0.2, 0.25) is 0 Å². The number of aliphatic hydroxyl groups is 1. The van der Waals surface area contributed by atoms with Crippen molar-refractivity contribution in [2.45, 2.75) is 44.9 Å². The zero-order valence-electron chi connectivity index (χ0n) is 13.7. The zero-order valence-corrected chi connectivity index (χ0v) is 15.3. The van der Waals surface area contributed by atoms with Gasteiger partial charge in [0.1, 0.15) is 6.04 Å². The number of benzene rings is 1. The van der Waals surface area contributed by atoms with Crippen molar-refractivity contribution in [3.05, 3.63) is 27.7 Å². The van der Waals surface area contributed by atoms with Gasteiger partial charge in [0.2, 0.25) is 5.91 Å². The maximum absolute atomic E-state index is 12.9. The first-order valence-corrected chi connectivity index (χ1v) is 8.89. The second-order valence-corrected chi connectivity index (χ2v) is 7.57. The predicted molar refractivity (Wildman–Crippen MR) is 93.4 cm³/mol. The predicted octanol–water partition coefficient (Wildman–Crippen LogP) is 1.88. The number of carboxylic acid groups (broad SMARTS) is 1. The number of anilines is 1. The molecule has 1 amide bonds. The minimum atomic E-state index is -0.980. The number of carboxylic acids is 1. The van der Waals surface area contributed by atoms with Gasteiger partial charge in [0, 0.05) is 30.0 Å². The summed E-state index contributed by atoms with van der Waals surface area (Å²) in [4.78, 5) is 28.0. The molecule has 24 heavy (non-hydrogen) atoms. The van der Waals surface area contributed by atoms with Gasteiger partial charge in [0.25, 0.3) is 0 Å². The van der Waals surface area contributed by atoms with Crippen LogP contribution in [-0.2, 0) is 11.2 Å². The number of carbonyl (C=O) groups is 2. The Kier molecular flexibility index (Phi) is 4.57. The molecule has 1 aromatic rings. The summed E-state index contributed by atoms with van der Waals surface area (Å²) in [5, 5.41) is 19.0. The van der Waals surface area contributed by atoms with Gasteiger partial charge in [-0.2, -0.15) is 0 Å². The number of carbonyl (C=O) groups excluding carboxylic acids is 1. The van der Waals surface area contributed by atoms with Crippen molar-refractivity contribution in [3.63, 3.8) is 0 Å². The van der Waals surface area contributed by atoms with Crippen LogP contribution >= 0.6 is 15.9 Å². The molecule has 2 aliphatic heterocycles. The van der Waals surface area contributed by atoms with Crippen LogP contribution in [0.25, 0.3) is 0 Å². The van der Waals surface area contributed by atoms with E-state index in [1.165, 1.54) is 0 Å². The van der Waals surface area contributed by atoms with Gasteiger partial charge < -0.3 is 20.0 Å². The minimum absolute atomic E-state index is 0.000208. The largest absolute Gasteiger partial charge is 0.478 e. The number of likely N-dealkylation sites (tertiary alicyclic amines) is 1. The van der Waals surface area contributed by atoms with Gasteiger partial charge in [0.15, 0.2) is 0 Å². The first-order valence-electron chi connectivity index (χ1n) is 8.10. The van der Waals surface area contributed by atoms with E-state index in [1.54, 1.807) is 17.0 Å². The van der Waals surface area contributed by atoms with Gasteiger partial charge in [-0.3, -0.25) is 4.79 Å². The molecule has 0 bridgehead atoms. The molecular weight excluding hydrogens is 376 g/mol. The summed E-state index contributed by atoms with van der Waals surface area (Å²) in [5.41, 5.74) is 1.98. The Morgan fingerprint density at radius 2 is 2.04 bits per heavy atom. The summed E-state index contributed by atoms with van der Waals surface area (Å²) >= 11 is 3.47. The fourth-order valence-electron chi connectivity index (χ4n) is 3.66. The molecule has 1 unspecified atom stereocenters. The van der Waals surface area contributed by atoms with Crippen LogP contribution in [0.1, 0.15) is 36.2 Å². The fraction of sp³-hybridized carbons (Fsp3) is 0.529. The molecule has 2 N–H and O–H groups in total. The van der Waals surface area contributed by atoms with Crippen molar-refractivity contribution in [3.8, 4) is 0 Å². The number of aromatic carboxylic acids is 1. The normalized spacial score (nSPS) is 23.0. The first-order chi connectivity index (χ1) is 11.3. The smallest absolute Gasteiger partial charge is 0.335 e. The van der Waals surface area contributed by atoms with Crippen molar-refractivity contribution in [2.75, 3.05) is 18.0 Å². The Labute approximate surface area is 149 Å². The maximum atomic E-state index is 12.9. The summed E-state index contributed by atoms with van der Waals surface area (Å²) in [6, 6.07) is 2.98. The Morgan fingerprint density at radius 1 is 1.33 bits per heavy atom. The molecule has 0 aromatic heterocycles. The SMILES string of the molecule is CC(C)N1c2c(Br)cc(C(=O)O)cc2CC1C(=O)N1CC[C@@H](O)C1. The van der Waals surface area contributed by atoms with Crippen molar-refractivity contribution >= 4 is 33.5 Å². The summed E-state index contributed by atoms with van der Waals surface area (Å²) in [6.45, 7) is 4.98.